The van der Waals surface area contributed by atoms with Crippen LogP contribution in [0.4, 0.5) is 0 Å². The minimum atomic E-state index is 0.245. The molecule has 0 saturated heterocycles. The molecule has 0 aliphatic carbocycles. The van der Waals surface area contributed by atoms with Crippen LogP contribution in [0.5, 0.6) is 5.75 Å². The molecule has 0 atom stereocenters. The maximum atomic E-state index is 9.43. The normalized spacial score (nSPS) is 10.9. The topological polar surface area (TPSA) is 87.8 Å². The number of rotatable bonds is 2. The molecule has 2 heterocycles. The summed E-state index contributed by atoms with van der Waals surface area (Å²) >= 11 is 0. The highest BCUT2D eigenvalue weighted by molar-refractivity contribution is 5.86. The minimum Gasteiger partial charge on any atom is -0.508 e. The Morgan fingerprint density at radius 2 is 2.11 bits per heavy atom. The summed E-state index contributed by atoms with van der Waals surface area (Å²) in [5, 5.41) is 10.4. The predicted molar refractivity (Wildman–Crippen MR) is 68.9 cm³/mol. The minimum absolute atomic E-state index is 0.245. The lowest BCUT2D eigenvalue weighted by molar-refractivity contribution is 0.476. The van der Waals surface area contributed by atoms with Gasteiger partial charge in [0.15, 0.2) is 0 Å². The van der Waals surface area contributed by atoms with E-state index in [0.717, 1.165) is 28.0 Å². The van der Waals surface area contributed by atoms with Gasteiger partial charge in [0.05, 0.1) is 17.6 Å². The van der Waals surface area contributed by atoms with Gasteiger partial charge in [-0.3, -0.25) is 4.98 Å². The van der Waals surface area contributed by atoms with Crippen molar-refractivity contribution in [2.75, 3.05) is 0 Å². The second kappa shape index (κ2) is 4.12. The van der Waals surface area contributed by atoms with Gasteiger partial charge in [0.25, 0.3) is 0 Å². The van der Waals surface area contributed by atoms with Gasteiger partial charge in [-0.1, -0.05) is 0 Å². The number of H-pyrrole nitrogens is 1. The highest BCUT2D eigenvalue weighted by atomic mass is 16.3. The van der Waals surface area contributed by atoms with Gasteiger partial charge in [0, 0.05) is 23.6 Å². The number of hydrogen-bond donors (Lipinski definition) is 3. The monoisotopic (exact) mass is 240 g/mol. The Morgan fingerprint density at radius 1 is 1.22 bits per heavy atom. The molecule has 0 unspecified atom stereocenters. The van der Waals surface area contributed by atoms with E-state index in [2.05, 4.69) is 15.0 Å². The van der Waals surface area contributed by atoms with Crippen LogP contribution in [0.3, 0.4) is 0 Å². The first-order valence-electron chi connectivity index (χ1n) is 5.59. The largest absolute Gasteiger partial charge is 0.508 e. The molecule has 2 aromatic heterocycles. The van der Waals surface area contributed by atoms with Crippen molar-refractivity contribution in [3.05, 3.63) is 42.4 Å². The van der Waals surface area contributed by atoms with Crippen molar-refractivity contribution in [1.29, 1.82) is 0 Å². The molecule has 0 aliphatic heterocycles. The van der Waals surface area contributed by atoms with Crippen molar-refractivity contribution in [2.45, 2.75) is 6.54 Å². The Labute approximate surface area is 103 Å². The van der Waals surface area contributed by atoms with E-state index in [1.165, 1.54) is 0 Å². The standard InChI is InChI=1S/C13H12N4O/c14-5-9-6-15-7-13(16-9)12-4-8-3-10(18)1-2-11(8)17-12/h1-4,6-7,17-18H,5,14H2. The Balaban J connectivity index is 2.13. The van der Waals surface area contributed by atoms with Crippen molar-refractivity contribution in [3.63, 3.8) is 0 Å². The molecule has 1 aromatic carbocycles. The number of phenols is 1. The van der Waals surface area contributed by atoms with E-state index in [1.807, 2.05) is 12.1 Å². The van der Waals surface area contributed by atoms with Gasteiger partial charge in [-0.25, -0.2) is 4.98 Å². The molecule has 0 saturated carbocycles. The fourth-order valence-corrected chi connectivity index (χ4v) is 1.89. The maximum Gasteiger partial charge on any atom is 0.116 e. The molecule has 0 spiro atoms. The molecule has 5 heteroatoms. The van der Waals surface area contributed by atoms with Crippen molar-refractivity contribution in [3.8, 4) is 17.1 Å². The molecule has 18 heavy (non-hydrogen) atoms. The number of benzene rings is 1. The zero-order chi connectivity index (χ0) is 12.5. The summed E-state index contributed by atoms with van der Waals surface area (Å²) in [6, 6.07) is 7.11. The molecule has 0 bridgehead atoms. The number of aromatic hydroxyl groups is 1. The predicted octanol–water partition coefficient (Wildman–Crippen LogP) is 1.79. The van der Waals surface area contributed by atoms with Gasteiger partial charge in [-0.2, -0.15) is 0 Å². The number of nitrogens with one attached hydrogen (secondary N) is 1. The summed E-state index contributed by atoms with van der Waals surface area (Å²) in [4.78, 5) is 11.7. The number of nitrogens with zero attached hydrogens (tertiary/aromatic N) is 2. The van der Waals surface area contributed by atoms with Crippen molar-refractivity contribution in [1.82, 2.24) is 15.0 Å². The molecule has 0 amide bonds. The van der Waals surface area contributed by atoms with Crippen molar-refractivity contribution < 1.29 is 5.11 Å². The van der Waals surface area contributed by atoms with Crippen molar-refractivity contribution >= 4 is 10.9 Å². The first-order chi connectivity index (χ1) is 8.76. The third kappa shape index (κ3) is 1.80. The second-order valence-corrected chi connectivity index (χ2v) is 4.05. The first-order valence-corrected chi connectivity index (χ1v) is 5.59. The van der Waals surface area contributed by atoms with Gasteiger partial charge in [-0.05, 0) is 24.3 Å². The average Bonchev–Trinajstić information content (AvgIpc) is 2.81. The first kappa shape index (κ1) is 10.7. The van der Waals surface area contributed by atoms with Crippen LogP contribution in [-0.2, 0) is 6.54 Å². The van der Waals surface area contributed by atoms with E-state index in [1.54, 1.807) is 24.5 Å². The Bertz CT molecular complexity index is 705. The van der Waals surface area contributed by atoms with E-state index in [-0.39, 0.29) is 5.75 Å². The van der Waals surface area contributed by atoms with Crippen LogP contribution < -0.4 is 5.73 Å². The summed E-state index contributed by atoms with van der Waals surface area (Å²) < 4.78 is 0. The fraction of sp³-hybridized carbons (Fsp3) is 0.0769. The summed E-state index contributed by atoms with van der Waals surface area (Å²) in [7, 11) is 0. The molecule has 90 valence electrons. The van der Waals surface area contributed by atoms with Crippen LogP contribution >= 0.6 is 0 Å². The van der Waals surface area contributed by atoms with Gasteiger partial charge in [-0.15, -0.1) is 0 Å². The van der Waals surface area contributed by atoms with Crippen molar-refractivity contribution in [2.24, 2.45) is 5.73 Å². The third-order valence-electron chi connectivity index (χ3n) is 2.77. The molecule has 4 N–H and O–H groups in total. The number of aromatic nitrogens is 3. The zero-order valence-corrected chi connectivity index (χ0v) is 9.59. The molecule has 3 aromatic rings. The molecule has 0 fully saturated rings. The Hall–Kier alpha value is -2.40. The lowest BCUT2D eigenvalue weighted by Gasteiger charge is -1.99. The smallest absolute Gasteiger partial charge is 0.116 e. The fourth-order valence-electron chi connectivity index (χ4n) is 1.89. The van der Waals surface area contributed by atoms with E-state index in [4.69, 9.17) is 5.73 Å². The SMILES string of the molecule is NCc1cncc(-c2cc3cc(O)ccc3[nH]2)n1. The van der Waals surface area contributed by atoms with Crippen LogP contribution in [-0.4, -0.2) is 20.1 Å². The summed E-state index contributed by atoms with van der Waals surface area (Å²) in [5.41, 5.74) is 8.84. The van der Waals surface area contributed by atoms with Gasteiger partial charge in [0.2, 0.25) is 0 Å². The summed E-state index contributed by atoms with van der Waals surface area (Å²) in [6.07, 6.45) is 3.34. The van der Waals surface area contributed by atoms with Crippen LogP contribution in [0.1, 0.15) is 5.69 Å². The molecular formula is C13H12N4O. The van der Waals surface area contributed by atoms with Gasteiger partial charge < -0.3 is 15.8 Å². The molecule has 3 rings (SSSR count). The quantitative estimate of drug-likeness (QED) is 0.637. The maximum absolute atomic E-state index is 9.43. The molecule has 0 aliphatic rings. The van der Waals surface area contributed by atoms with Crippen LogP contribution in [0.2, 0.25) is 0 Å². The Kier molecular flexibility index (Phi) is 2.46. The average molecular weight is 240 g/mol. The summed E-state index contributed by atoms with van der Waals surface area (Å²) in [5.74, 6) is 0.245. The highest BCUT2D eigenvalue weighted by Gasteiger charge is 2.06. The second-order valence-electron chi connectivity index (χ2n) is 4.05. The van der Waals surface area contributed by atoms with E-state index < -0.39 is 0 Å². The number of nitrogens with two attached hydrogens (primary N) is 1. The van der Waals surface area contributed by atoms with E-state index in [0.29, 0.717) is 6.54 Å². The third-order valence-corrected chi connectivity index (χ3v) is 2.77. The van der Waals surface area contributed by atoms with Crippen LogP contribution in [0, 0.1) is 0 Å². The molecular weight excluding hydrogens is 228 g/mol. The molecule has 5 nitrogen and oxygen atoms in total. The number of hydrogen-bond acceptors (Lipinski definition) is 4. The van der Waals surface area contributed by atoms with Crippen LogP contribution in [0.15, 0.2) is 36.7 Å². The van der Waals surface area contributed by atoms with E-state index >= 15 is 0 Å². The molecule has 0 radical (unpaired) electrons. The van der Waals surface area contributed by atoms with Gasteiger partial charge in [0.1, 0.15) is 11.4 Å². The van der Waals surface area contributed by atoms with Gasteiger partial charge >= 0.3 is 0 Å². The number of aromatic amines is 1. The highest BCUT2D eigenvalue weighted by Crippen LogP contribution is 2.25. The zero-order valence-electron chi connectivity index (χ0n) is 9.59. The summed E-state index contributed by atoms with van der Waals surface area (Å²) in [6.45, 7) is 0.363. The number of phenolic OH excluding ortho intramolecular Hbond substituents is 1. The van der Waals surface area contributed by atoms with Crippen LogP contribution in [0.25, 0.3) is 22.3 Å². The van der Waals surface area contributed by atoms with E-state index in [9.17, 15) is 5.11 Å². The lowest BCUT2D eigenvalue weighted by Crippen LogP contribution is -2.01. The lowest BCUT2D eigenvalue weighted by atomic mass is 10.2. The number of fused-ring (bicyclic) bond motifs is 1. The Morgan fingerprint density at radius 3 is 2.94 bits per heavy atom.